The molecule has 1 aromatic carbocycles. The molecule has 0 aromatic heterocycles. The molecule has 0 radical (unpaired) electrons. The van der Waals surface area contributed by atoms with E-state index in [0.717, 1.165) is 57.4 Å². The minimum atomic E-state index is -0.914. The lowest BCUT2D eigenvalue weighted by atomic mass is 9.91. The maximum absolute atomic E-state index is 13.1. The van der Waals surface area contributed by atoms with E-state index in [1.165, 1.54) is 36.3 Å². The zero-order valence-electron chi connectivity index (χ0n) is 18.3. The van der Waals surface area contributed by atoms with Gasteiger partial charge in [0.25, 0.3) is 0 Å². The first-order valence-electron chi connectivity index (χ1n) is 11.1. The number of unbranched alkanes of at least 4 members (excludes halogenated alkanes) is 3. The number of carboxylic acid groups (broad SMARTS) is 1. The molecule has 1 aliphatic carbocycles. The highest BCUT2D eigenvalue weighted by atomic mass is 19.1. The van der Waals surface area contributed by atoms with Crippen LogP contribution < -0.4 is 0 Å². The van der Waals surface area contributed by atoms with Gasteiger partial charge in [0.15, 0.2) is 0 Å². The quantitative estimate of drug-likeness (QED) is 0.347. The standard InChI is InChI=1S/C24H37FN2O3/c1-3-16-26(2)17-6-4-5-7-18-30-23-14-12-22(13-15-23)27(24(28)29)19-20-8-10-21(25)11-9-20/h3,8-11,22-23H,1,4-7,12-19H2,2H3,(H,28,29). The summed E-state index contributed by atoms with van der Waals surface area (Å²) in [6, 6.07) is 6.05. The summed E-state index contributed by atoms with van der Waals surface area (Å²) in [5.74, 6) is -0.307. The Morgan fingerprint density at radius 1 is 1.17 bits per heavy atom. The van der Waals surface area contributed by atoms with Crippen molar-refractivity contribution in [2.45, 2.75) is 70.1 Å². The van der Waals surface area contributed by atoms with Gasteiger partial charge in [0.1, 0.15) is 5.82 Å². The van der Waals surface area contributed by atoms with E-state index in [1.54, 1.807) is 12.1 Å². The van der Waals surface area contributed by atoms with Crippen LogP contribution in [-0.2, 0) is 11.3 Å². The molecule has 168 valence electrons. The summed E-state index contributed by atoms with van der Waals surface area (Å²) in [5.41, 5.74) is 0.813. The van der Waals surface area contributed by atoms with E-state index in [9.17, 15) is 14.3 Å². The Labute approximate surface area is 180 Å². The minimum Gasteiger partial charge on any atom is -0.465 e. The molecule has 2 rings (SSSR count). The lowest BCUT2D eigenvalue weighted by molar-refractivity contribution is 0.00599. The predicted octanol–water partition coefficient (Wildman–Crippen LogP) is 5.31. The Balaban J connectivity index is 1.61. The molecular formula is C24H37FN2O3. The monoisotopic (exact) mass is 420 g/mol. The Bertz CT molecular complexity index is 630. The van der Waals surface area contributed by atoms with Crippen molar-refractivity contribution < 1.29 is 19.0 Å². The molecule has 5 nitrogen and oxygen atoms in total. The number of benzene rings is 1. The average Bonchev–Trinajstić information content (AvgIpc) is 2.73. The maximum atomic E-state index is 13.1. The van der Waals surface area contributed by atoms with Crippen LogP contribution in [0.4, 0.5) is 9.18 Å². The summed E-state index contributed by atoms with van der Waals surface area (Å²) < 4.78 is 19.1. The fraction of sp³-hybridized carbons (Fsp3) is 0.625. The molecule has 0 bridgehead atoms. The highest BCUT2D eigenvalue weighted by Gasteiger charge is 2.29. The number of carbonyl (C=O) groups is 1. The number of ether oxygens (including phenoxy) is 1. The molecule has 0 saturated heterocycles. The molecule has 1 aliphatic rings. The number of rotatable bonds is 13. The van der Waals surface area contributed by atoms with Gasteiger partial charge in [0, 0.05) is 25.7 Å². The zero-order valence-corrected chi connectivity index (χ0v) is 18.3. The van der Waals surface area contributed by atoms with Crippen LogP contribution in [0.2, 0.25) is 0 Å². The number of halogens is 1. The van der Waals surface area contributed by atoms with Crippen LogP contribution in [0.5, 0.6) is 0 Å². The second-order valence-electron chi connectivity index (χ2n) is 8.30. The highest BCUT2D eigenvalue weighted by Crippen LogP contribution is 2.27. The third-order valence-corrected chi connectivity index (χ3v) is 5.82. The summed E-state index contributed by atoms with van der Waals surface area (Å²) in [4.78, 5) is 15.5. The fourth-order valence-corrected chi connectivity index (χ4v) is 4.06. The first-order valence-corrected chi connectivity index (χ1v) is 11.1. The minimum absolute atomic E-state index is 0.0000386. The van der Waals surface area contributed by atoms with Gasteiger partial charge in [-0.15, -0.1) is 6.58 Å². The first-order chi connectivity index (χ1) is 14.5. The van der Waals surface area contributed by atoms with Gasteiger partial charge in [-0.05, 0) is 69.8 Å². The molecule has 0 aliphatic heterocycles. The van der Waals surface area contributed by atoms with Crippen molar-refractivity contribution >= 4 is 6.09 Å². The molecule has 0 spiro atoms. The predicted molar refractivity (Wildman–Crippen MR) is 118 cm³/mol. The van der Waals surface area contributed by atoms with Crippen LogP contribution in [0.3, 0.4) is 0 Å². The first kappa shape index (κ1) is 24.4. The van der Waals surface area contributed by atoms with Crippen LogP contribution in [0, 0.1) is 5.82 Å². The number of nitrogens with zero attached hydrogens (tertiary/aromatic N) is 2. The third-order valence-electron chi connectivity index (χ3n) is 5.82. The SMILES string of the molecule is C=CCN(C)CCCCCCOC1CCC(N(Cc2ccc(F)cc2)C(=O)O)CC1. The van der Waals surface area contributed by atoms with Gasteiger partial charge in [-0.1, -0.05) is 31.1 Å². The van der Waals surface area contributed by atoms with Crippen LogP contribution >= 0.6 is 0 Å². The van der Waals surface area contributed by atoms with Crippen molar-refractivity contribution in [3.05, 3.63) is 48.3 Å². The molecule has 0 atom stereocenters. The lowest BCUT2D eigenvalue weighted by Crippen LogP contribution is -2.42. The number of amides is 1. The molecule has 1 saturated carbocycles. The zero-order chi connectivity index (χ0) is 21.8. The second kappa shape index (κ2) is 13.4. The van der Waals surface area contributed by atoms with E-state index < -0.39 is 6.09 Å². The van der Waals surface area contributed by atoms with E-state index in [2.05, 4.69) is 18.5 Å². The highest BCUT2D eigenvalue weighted by molar-refractivity contribution is 5.65. The largest absolute Gasteiger partial charge is 0.465 e. The van der Waals surface area contributed by atoms with Crippen molar-refractivity contribution in [2.75, 3.05) is 26.7 Å². The van der Waals surface area contributed by atoms with E-state index in [0.29, 0.717) is 6.54 Å². The van der Waals surface area contributed by atoms with Gasteiger partial charge in [0.05, 0.1) is 6.10 Å². The van der Waals surface area contributed by atoms with E-state index in [4.69, 9.17) is 4.74 Å². The molecular weight excluding hydrogens is 383 g/mol. The number of likely N-dealkylation sites (N-methyl/N-ethyl adjacent to an activating group) is 1. The van der Waals surface area contributed by atoms with Gasteiger partial charge in [-0.3, -0.25) is 0 Å². The number of hydrogen-bond acceptors (Lipinski definition) is 3. The Hall–Kier alpha value is -1.92. The summed E-state index contributed by atoms with van der Waals surface area (Å²) in [6.45, 7) is 6.89. The molecule has 0 heterocycles. The smallest absolute Gasteiger partial charge is 0.407 e. The van der Waals surface area contributed by atoms with E-state index in [-0.39, 0.29) is 18.0 Å². The molecule has 0 unspecified atom stereocenters. The molecule has 1 aromatic rings. The van der Waals surface area contributed by atoms with Crippen LogP contribution in [-0.4, -0.2) is 59.9 Å². The van der Waals surface area contributed by atoms with Gasteiger partial charge in [-0.25, -0.2) is 9.18 Å². The van der Waals surface area contributed by atoms with E-state index >= 15 is 0 Å². The molecule has 1 amide bonds. The molecule has 30 heavy (non-hydrogen) atoms. The third kappa shape index (κ3) is 8.84. The summed E-state index contributed by atoms with van der Waals surface area (Å²) in [5, 5.41) is 9.63. The summed E-state index contributed by atoms with van der Waals surface area (Å²) in [7, 11) is 2.12. The number of hydrogen-bond donors (Lipinski definition) is 1. The van der Waals surface area contributed by atoms with Crippen molar-refractivity contribution in [3.63, 3.8) is 0 Å². The topological polar surface area (TPSA) is 53.0 Å². The second-order valence-corrected chi connectivity index (χ2v) is 8.30. The van der Waals surface area contributed by atoms with Gasteiger partial charge in [-0.2, -0.15) is 0 Å². The summed E-state index contributed by atoms with van der Waals surface area (Å²) in [6.07, 6.45) is 9.35. The Morgan fingerprint density at radius 2 is 1.83 bits per heavy atom. The Kier molecular flexibility index (Phi) is 10.9. The molecule has 1 fully saturated rings. The van der Waals surface area contributed by atoms with Crippen molar-refractivity contribution in [1.82, 2.24) is 9.80 Å². The van der Waals surface area contributed by atoms with E-state index in [1.807, 2.05) is 6.08 Å². The molecule has 6 heteroatoms. The van der Waals surface area contributed by atoms with Crippen molar-refractivity contribution in [1.29, 1.82) is 0 Å². The van der Waals surface area contributed by atoms with Gasteiger partial charge >= 0.3 is 6.09 Å². The van der Waals surface area contributed by atoms with Crippen molar-refractivity contribution in [2.24, 2.45) is 0 Å². The van der Waals surface area contributed by atoms with Crippen LogP contribution in [0.25, 0.3) is 0 Å². The average molecular weight is 421 g/mol. The Morgan fingerprint density at radius 3 is 2.47 bits per heavy atom. The fourth-order valence-electron chi connectivity index (χ4n) is 4.06. The van der Waals surface area contributed by atoms with Crippen LogP contribution in [0.15, 0.2) is 36.9 Å². The van der Waals surface area contributed by atoms with Crippen LogP contribution in [0.1, 0.15) is 56.9 Å². The van der Waals surface area contributed by atoms with Crippen molar-refractivity contribution in [3.8, 4) is 0 Å². The normalized spacial score (nSPS) is 19.0. The maximum Gasteiger partial charge on any atom is 0.407 e. The lowest BCUT2D eigenvalue weighted by Gasteiger charge is -2.35. The van der Waals surface area contributed by atoms with Gasteiger partial charge in [0.2, 0.25) is 0 Å². The molecule has 1 N–H and O–H groups in total. The van der Waals surface area contributed by atoms with Gasteiger partial charge < -0.3 is 19.6 Å². The summed E-state index contributed by atoms with van der Waals surface area (Å²) >= 11 is 0.